The molecule has 0 bridgehead atoms. The fourth-order valence-electron chi connectivity index (χ4n) is 2.52. The lowest BCUT2D eigenvalue weighted by atomic mass is 9.85. The maximum Gasteiger partial charge on any atom is 0.0565 e. The maximum atomic E-state index is 5.98. The van der Waals surface area contributed by atoms with Gasteiger partial charge >= 0.3 is 0 Å². The first-order chi connectivity index (χ1) is 7.64. The molecule has 4 nitrogen and oxygen atoms in total. The molecule has 2 unspecified atom stereocenters. The Morgan fingerprint density at radius 3 is 2.88 bits per heavy atom. The van der Waals surface area contributed by atoms with Crippen LogP contribution in [0.25, 0.3) is 0 Å². The van der Waals surface area contributed by atoms with Crippen molar-refractivity contribution in [3.05, 3.63) is 0 Å². The van der Waals surface area contributed by atoms with Crippen molar-refractivity contribution in [3.8, 4) is 0 Å². The van der Waals surface area contributed by atoms with Crippen molar-refractivity contribution in [2.24, 2.45) is 5.73 Å². The van der Waals surface area contributed by atoms with E-state index in [9.17, 15) is 0 Å². The van der Waals surface area contributed by atoms with Crippen LogP contribution in [0.1, 0.15) is 26.2 Å². The molecule has 0 radical (unpaired) electrons. The van der Waals surface area contributed by atoms with Crippen LogP contribution in [0.3, 0.4) is 0 Å². The molecule has 0 saturated carbocycles. The predicted octanol–water partition coefficient (Wildman–Crippen LogP) is 0.851. The first-order valence-electron chi connectivity index (χ1n) is 6.16. The summed E-state index contributed by atoms with van der Waals surface area (Å²) in [5, 5.41) is 0. The van der Waals surface area contributed by atoms with Gasteiger partial charge in [-0.15, -0.1) is 0 Å². The molecule has 1 rings (SSSR count). The molecule has 1 aliphatic rings. The van der Waals surface area contributed by atoms with Crippen molar-refractivity contribution in [2.75, 3.05) is 40.5 Å². The number of nitrogens with zero attached hydrogens (tertiary/aromatic N) is 1. The van der Waals surface area contributed by atoms with E-state index in [0.717, 1.165) is 39.0 Å². The van der Waals surface area contributed by atoms with Crippen LogP contribution in [-0.2, 0) is 9.47 Å². The maximum absolute atomic E-state index is 5.98. The Morgan fingerprint density at radius 2 is 2.31 bits per heavy atom. The summed E-state index contributed by atoms with van der Waals surface area (Å²) < 4.78 is 10.7. The number of methoxy groups -OCH3 is 1. The first-order valence-corrected chi connectivity index (χ1v) is 6.16. The molecular weight excluding hydrogens is 204 g/mol. The van der Waals surface area contributed by atoms with Gasteiger partial charge in [0.05, 0.1) is 6.10 Å². The van der Waals surface area contributed by atoms with Gasteiger partial charge in [0.1, 0.15) is 0 Å². The molecule has 4 heteroatoms. The molecule has 1 heterocycles. The lowest BCUT2D eigenvalue weighted by Gasteiger charge is -2.46. The molecule has 0 amide bonds. The standard InChI is InChI=1S/C12H26N2O2/c1-11-9-12(10-13,5-8-16-11)14(2)6-4-7-15-3/h11H,4-10,13H2,1-3H3. The van der Waals surface area contributed by atoms with Crippen LogP contribution in [0.4, 0.5) is 0 Å². The first kappa shape index (κ1) is 13.9. The van der Waals surface area contributed by atoms with Gasteiger partial charge in [0.25, 0.3) is 0 Å². The molecule has 2 N–H and O–H groups in total. The molecule has 0 aromatic rings. The number of nitrogens with two attached hydrogens (primary N) is 1. The highest BCUT2D eigenvalue weighted by molar-refractivity contribution is 4.94. The third-order valence-electron chi connectivity index (χ3n) is 3.67. The minimum atomic E-state index is 0.130. The van der Waals surface area contributed by atoms with E-state index in [1.807, 2.05) is 0 Å². The van der Waals surface area contributed by atoms with Crippen LogP contribution in [0.2, 0.25) is 0 Å². The highest BCUT2D eigenvalue weighted by Crippen LogP contribution is 2.29. The van der Waals surface area contributed by atoms with Crippen molar-refractivity contribution in [1.29, 1.82) is 0 Å². The minimum Gasteiger partial charge on any atom is -0.385 e. The summed E-state index contributed by atoms with van der Waals surface area (Å²) in [6.07, 6.45) is 3.45. The number of hydrogen-bond donors (Lipinski definition) is 1. The zero-order valence-corrected chi connectivity index (χ0v) is 10.9. The van der Waals surface area contributed by atoms with E-state index in [1.54, 1.807) is 7.11 Å². The summed E-state index contributed by atoms with van der Waals surface area (Å²) in [6.45, 7) is 5.53. The SMILES string of the molecule is COCCCN(C)C1(CN)CCOC(C)C1. The molecule has 16 heavy (non-hydrogen) atoms. The summed E-state index contributed by atoms with van der Waals surface area (Å²) in [4.78, 5) is 2.39. The van der Waals surface area contributed by atoms with Crippen LogP contribution in [0.5, 0.6) is 0 Å². The van der Waals surface area contributed by atoms with Crippen LogP contribution in [0, 0.1) is 0 Å². The number of likely N-dealkylation sites (N-methyl/N-ethyl adjacent to an activating group) is 1. The van der Waals surface area contributed by atoms with Gasteiger partial charge in [0, 0.05) is 39.0 Å². The Hall–Kier alpha value is -0.160. The second kappa shape index (κ2) is 6.55. The van der Waals surface area contributed by atoms with E-state index < -0.39 is 0 Å². The van der Waals surface area contributed by atoms with E-state index in [1.165, 1.54) is 0 Å². The van der Waals surface area contributed by atoms with Crippen LogP contribution < -0.4 is 5.73 Å². The molecule has 1 saturated heterocycles. The summed E-state index contributed by atoms with van der Waals surface area (Å²) >= 11 is 0. The second-order valence-corrected chi connectivity index (χ2v) is 4.83. The van der Waals surface area contributed by atoms with Gasteiger partial charge < -0.3 is 15.2 Å². The molecule has 0 aromatic carbocycles. The monoisotopic (exact) mass is 230 g/mol. The van der Waals surface area contributed by atoms with Gasteiger partial charge in [-0.25, -0.2) is 0 Å². The summed E-state index contributed by atoms with van der Waals surface area (Å²) in [5.74, 6) is 0. The van der Waals surface area contributed by atoms with Gasteiger partial charge in [-0.1, -0.05) is 0 Å². The van der Waals surface area contributed by atoms with Gasteiger partial charge in [0.15, 0.2) is 0 Å². The Bertz CT molecular complexity index is 201. The molecule has 2 atom stereocenters. The Labute approximate surface area is 99.1 Å². The zero-order chi connectivity index (χ0) is 12.0. The van der Waals surface area contributed by atoms with Crippen LogP contribution in [0.15, 0.2) is 0 Å². The summed E-state index contributed by atoms with van der Waals surface area (Å²) in [5.41, 5.74) is 6.11. The molecular formula is C12H26N2O2. The molecule has 0 spiro atoms. The average molecular weight is 230 g/mol. The van der Waals surface area contributed by atoms with Crippen molar-refractivity contribution in [3.63, 3.8) is 0 Å². The van der Waals surface area contributed by atoms with Gasteiger partial charge in [-0.3, -0.25) is 4.90 Å². The molecule has 96 valence electrons. The average Bonchev–Trinajstić information content (AvgIpc) is 2.29. The van der Waals surface area contributed by atoms with E-state index in [-0.39, 0.29) is 5.54 Å². The van der Waals surface area contributed by atoms with Crippen LogP contribution in [-0.4, -0.2) is 57.0 Å². The Balaban J connectivity index is 2.49. The Kier molecular flexibility index (Phi) is 5.69. The number of rotatable bonds is 6. The molecule has 1 aliphatic heterocycles. The normalized spacial score (nSPS) is 30.9. The van der Waals surface area contributed by atoms with E-state index in [0.29, 0.717) is 12.6 Å². The second-order valence-electron chi connectivity index (χ2n) is 4.83. The van der Waals surface area contributed by atoms with E-state index in [2.05, 4.69) is 18.9 Å². The minimum absolute atomic E-state index is 0.130. The fraction of sp³-hybridized carbons (Fsp3) is 1.00. The lowest BCUT2D eigenvalue weighted by Crippen LogP contribution is -2.57. The van der Waals surface area contributed by atoms with Crippen molar-refractivity contribution < 1.29 is 9.47 Å². The van der Waals surface area contributed by atoms with Gasteiger partial charge in [0.2, 0.25) is 0 Å². The highest BCUT2D eigenvalue weighted by atomic mass is 16.5. The third kappa shape index (κ3) is 3.42. The smallest absolute Gasteiger partial charge is 0.0565 e. The summed E-state index contributed by atoms with van der Waals surface area (Å²) in [6, 6.07) is 0. The van der Waals surface area contributed by atoms with Crippen LogP contribution >= 0.6 is 0 Å². The van der Waals surface area contributed by atoms with Gasteiger partial charge in [-0.05, 0) is 33.2 Å². The van der Waals surface area contributed by atoms with Crippen molar-refractivity contribution >= 4 is 0 Å². The van der Waals surface area contributed by atoms with Crippen molar-refractivity contribution in [2.45, 2.75) is 37.8 Å². The number of hydrogen-bond acceptors (Lipinski definition) is 4. The number of ether oxygens (including phenoxy) is 2. The molecule has 0 aromatic heterocycles. The fourth-order valence-corrected chi connectivity index (χ4v) is 2.52. The van der Waals surface area contributed by atoms with Gasteiger partial charge in [-0.2, -0.15) is 0 Å². The largest absolute Gasteiger partial charge is 0.385 e. The predicted molar refractivity (Wildman–Crippen MR) is 65.6 cm³/mol. The summed E-state index contributed by atoms with van der Waals surface area (Å²) in [7, 11) is 3.91. The van der Waals surface area contributed by atoms with E-state index in [4.69, 9.17) is 15.2 Å². The topological polar surface area (TPSA) is 47.7 Å². The third-order valence-corrected chi connectivity index (χ3v) is 3.67. The Morgan fingerprint density at radius 1 is 1.56 bits per heavy atom. The van der Waals surface area contributed by atoms with E-state index >= 15 is 0 Å². The quantitative estimate of drug-likeness (QED) is 0.687. The zero-order valence-electron chi connectivity index (χ0n) is 10.9. The lowest BCUT2D eigenvalue weighted by molar-refractivity contribution is -0.0570. The molecule has 1 fully saturated rings. The van der Waals surface area contributed by atoms with Crippen molar-refractivity contribution in [1.82, 2.24) is 4.90 Å². The molecule has 0 aliphatic carbocycles. The highest BCUT2D eigenvalue weighted by Gasteiger charge is 2.37.